The van der Waals surface area contributed by atoms with E-state index in [1.54, 1.807) is 0 Å². The van der Waals surface area contributed by atoms with E-state index in [2.05, 4.69) is 20.8 Å². The number of alkyl halides is 1. The molecule has 80 valence electrons. The molecule has 4 aliphatic rings. The molecule has 0 N–H and O–H groups in total. The Morgan fingerprint density at radius 2 is 1.86 bits per heavy atom. The smallest absolute Gasteiger partial charge is 0.0315 e. The molecule has 2 heterocycles. The zero-order valence-corrected chi connectivity index (χ0v) is 10.4. The van der Waals surface area contributed by atoms with Crippen molar-refractivity contribution in [1.29, 1.82) is 0 Å². The minimum absolute atomic E-state index is 0.604. The Bertz CT molecular complexity index is 216. The molecule has 14 heavy (non-hydrogen) atoms. The summed E-state index contributed by atoms with van der Waals surface area (Å²) in [5.41, 5.74) is 0.604. The Balaban J connectivity index is 1.72. The average molecular weight is 258 g/mol. The lowest BCUT2D eigenvalue weighted by atomic mass is 9.74. The molecule has 0 radical (unpaired) electrons. The first kappa shape index (κ1) is 9.65. The van der Waals surface area contributed by atoms with Gasteiger partial charge in [-0.15, -0.1) is 0 Å². The molecule has 2 aliphatic carbocycles. The number of nitrogens with zero attached hydrogens (tertiary/aromatic N) is 1. The third-order valence-corrected chi connectivity index (χ3v) is 5.71. The van der Waals surface area contributed by atoms with Gasteiger partial charge in [0.05, 0.1) is 0 Å². The predicted octanol–water partition coefficient (Wildman–Crippen LogP) is 3.18. The van der Waals surface area contributed by atoms with Crippen LogP contribution in [0.1, 0.15) is 44.9 Å². The van der Waals surface area contributed by atoms with Crippen molar-refractivity contribution in [2.45, 2.75) is 56.5 Å². The lowest BCUT2D eigenvalue weighted by molar-refractivity contribution is 0.0748. The lowest BCUT2D eigenvalue weighted by Crippen LogP contribution is -2.51. The van der Waals surface area contributed by atoms with Crippen LogP contribution < -0.4 is 0 Å². The fourth-order valence-corrected chi connectivity index (χ4v) is 4.75. The van der Waals surface area contributed by atoms with E-state index >= 15 is 0 Å². The third-order valence-electron chi connectivity index (χ3n) is 4.67. The van der Waals surface area contributed by atoms with Gasteiger partial charge in [0.25, 0.3) is 0 Å². The van der Waals surface area contributed by atoms with Crippen molar-refractivity contribution in [1.82, 2.24) is 4.90 Å². The molecule has 1 nitrogen and oxygen atoms in total. The normalized spacial score (nSPS) is 43.9. The van der Waals surface area contributed by atoms with Gasteiger partial charge in [-0.1, -0.05) is 35.2 Å². The zero-order valence-electron chi connectivity index (χ0n) is 8.84. The Morgan fingerprint density at radius 1 is 1.14 bits per heavy atom. The molecule has 2 bridgehead atoms. The molecule has 0 atom stereocenters. The number of fused-ring (bicyclic) bond motifs is 1. The van der Waals surface area contributed by atoms with E-state index in [0.29, 0.717) is 5.54 Å². The second-order valence-electron chi connectivity index (χ2n) is 5.58. The van der Waals surface area contributed by atoms with Crippen LogP contribution in [0.2, 0.25) is 0 Å². The molecule has 2 aliphatic heterocycles. The summed E-state index contributed by atoms with van der Waals surface area (Å²) in [6, 6.07) is 0.939. The van der Waals surface area contributed by atoms with Gasteiger partial charge in [0, 0.05) is 23.5 Å². The Morgan fingerprint density at radius 3 is 2.50 bits per heavy atom. The average Bonchev–Trinajstić information content (AvgIpc) is 2.73. The summed E-state index contributed by atoms with van der Waals surface area (Å²) in [6.07, 6.45) is 10.3. The molecule has 2 heteroatoms. The molecule has 2 saturated carbocycles. The van der Waals surface area contributed by atoms with Crippen molar-refractivity contribution in [3.05, 3.63) is 0 Å². The first-order valence-electron chi connectivity index (χ1n) is 6.17. The molecule has 0 spiro atoms. The summed E-state index contributed by atoms with van der Waals surface area (Å²) in [5.74, 6) is 1.05. The zero-order chi connectivity index (χ0) is 9.60. The number of hydrogen-bond acceptors (Lipinski definition) is 1. The van der Waals surface area contributed by atoms with Crippen LogP contribution in [0.5, 0.6) is 0 Å². The van der Waals surface area contributed by atoms with Crippen molar-refractivity contribution < 1.29 is 0 Å². The van der Waals surface area contributed by atoms with Gasteiger partial charge < -0.3 is 0 Å². The second kappa shape index (κ2) is 3.48. The number of hydrogen-bond donors (Lipinski definition) is 0. The highest BCUT2D eigenvalue weighted by atomic mass is 79.9. The van der Waals surface area contributed by atoms with Gasteiger partial charge in [0.1, 0.15) is 0 Å². The van der Waals surface area contributed by atoms with Crippen molar-refractivity contribution >= 4 is 15.9 Å². The molecule has 0 aromatic heterocycles. The van der Waals surface area contributed by atoms with E-state index < -0.39 is 0 Å². The van der Waals surface area contributed by atoms with Crippen LogP contribution in [0.25, 0.3) is 0 Å². The Kier molecular flexibility index (Phi) is 2.40. The van der Waals surface area contributed by atoms with Gasteiger partial charge in [-0.25, -0.2) is 0 Å². The van der Waals surface area contributed by atoms with Crippen molar-refractivity contribution in [3.8, 4) is 0 Å². The van der Waals surface area contributed by atoms with E-state index in [1.807, 2.05) is 0 Å². The molecular weight excluding hydrogens is 238 g/mol. The molecule has 0 unspecified atom stereocenters. The minimum Gasteiger partial charge on any atom is -0.294 e. The summed E-state index contributed by atoms with van der Waals surface area (Å²) in [6.45, 7) is 1.41. The molecular formula is C12H20BrN. The topological polar surface area (TPSA) is 3.24 Å². The van der Waals surface area contributed by atoms with Crippen LogP contribution in [-0.4, -0.2) is 28.4 Å². The fourth-order valence-electron chi connectivity index (χ4n) is 3.97. The van der Waals surface area contributed by atoms with Crippen molar-refractivity contribution in [2.75, 3.05) is 11.9 Å². The summed E-state index contributed by atoms with van der Waals surface area (Å²) in [5, 5.41) is 1.22. The van der Waals surface area contributed by atoms with Crippen LogP contribution in [0.15, 0.2) is 0 Å². The summed E-state index contributed by atoms with van der Waals surface area (Å²) in [4.78, 5) is 2.87. The Labute approximate surface area is 95.4 Å². The maximum atomic E-state index is 3.74. The van der Waals surface area contributed by atoms with E-state index in [9.17, 15) is 0 Å². The maximum absolute atomic E-state index is 3.74. The van der Waals surface area contributed by atoms with E-state index in [4.69, 9.17) is 0 Å². The summed E-state index contributed by atoms with van der Waals surface area (Å²) < 4.78 is 0. The van der Waals surface area contributed by atoms with Crippen LogP contribution >= 0.6 is 15.9 Å². The van der Waals surface area contributed by atoms with E-state index in [-0.39, 0.29) is 0 Å². The highest BCUT2D eigenvalue weighted by Crippen LogP contribution is 2.53. The quantitative estimate of drug-likeness (QED) is 0.687. The monoisotopic (exact) mass is 257 g/mol. The predicted molar refractivity (Wildman–Crippen MR) is 62.8 cm³/mol. The van der Waals surface area contributed by atoms with Crippen LogP contribution in [0.3, 0.4) is 0 Å². The molecule has 2 saturated heterocycles. The molecule has 0 amide bonds. The first-order valence-corrected chi connectivity index (χ1v) is 7.29. The van der Waals surface area contributed by atoms with E-state index in [1.165, 1.54) is 56.8 Å². The van der Waals surface area contributed by atoms with Crippen molar-refractivity contribution in [3.63, 3.8) is 0 Å². The molecule has 4 fully saturated rings. The first-order chi connectivity index (χ1) is 6.84. The SMILES string of the molecule is BrCC12CC(CN1C1CCCCC1)C2. The maximum Gasteiger partial charge on any atom is 0.0315 e. The second-order valence-corrected chi connectivity index (χ2v) is 6.14. The highest BCUT2D eigenvalue weighted by Gasteiger charge is 2.56. The lowest BCUT2D eigenvalue weighted by Gasteiger charge is -2.45. The third kappa shape index (κ3) is 1.30. The van der Waals surface area contributed by atoms with Gasteiger partial charge >= 0.3 is 0 Å². The molecule has 4 rings (SSSR count). The van der Waals surface area contributed by atoms with Crippen molar-refractivity contribution in [2.24, 2.45) is 5.92 Å². The standard InChI is InChI=1S/C12H20BrN/c13-9-12-6-10(7-12)8-14(12)11-4-2-1-3-5-11/h10-11H,1-9H2. The van der Waals surface area contributed by atoms with Gasteiger partial charge in [-0.3, -0.25) is 4.90 Å². The van der Waals surface area contributed by atoms with Gasteiger partial charge in [-0.05, 0) is 31.6 Å². The van der Waals surface area contributed by atoms with Crippen LogP contribution in [-0.2, 0) is 0 Å². The van der Waals surface area contributed by atoms with Gasteiger partial charge in [0.2, 0.25) is 0 Å². The fraction of sp³-hybridized carbons (Fsp3) is 1.00. The summed E-state index contributed by atoms with van der Waals surface area (Å²) >= 11 is 3.74. The summed E-state index contributed by atoms with van der Waals surface area (Å²) in [7, 11) is 0. The van der Waals surface area contributed by atoms with E-state index in [0.717, 1.165) is 12.0 Å². The van der Waals surface area contributed by atoms with Crippen LogP contribution in [0.4, 0.5) is 0 Å². The minimum atomic E-state index is 0.604. The number of rotatable bonds is 2. The van der Waals surface area contributed by atoms with Gasteiger partial charge in [-0.2, -0.15) is 0 Å². The van der Waals surface area contributed by atoms with Gasteiger partial charge in [0.15, 0.2) is 0 Å². The Hall–Kier alpha value is 0.440. The van der Waals surface area contributed by atoms with Crippen LogP contribution in [0, 0.1) is 5.92 Å². The number of halogens is 1. The molecule has 0 aromatic rings. The largest absolute Gasteiger partial charge is 0.294 e. The molecule has 0 aromatic carbocycles. The highest BCUT2D eigenvalue weighted by molar-refractivity contribution is 9.09.